The van der Waals surface area contributed by atoms with Gasteiger partial charge in [-0.25, -0.2) is 9.97 Å². The molecule has 2 aromatic carbocycles. The topological polar surface area (TPSA) is 66.9 Å². The normalized spacial score (nSPS) is 10.6. The lowest BCUT2D eigenvalue weighted by Gasteiger charge is -2.12. The van der Waals surface area contributed by atoms with Gasteiger partial charge in [-0.3, -0.25) is 4.79 Å². The molecular formula is C22H24N4O. The summed E-state index contributed by atoms with van der Waals surface area (Å²) in [5, 5.41) is 6.22. The zero-order valence-corrected chi connectivity index (χ0v) is 15.6. The van der Waals surface area contributed by atoms with E-state index in [0.717, 1.165) is 17.7 Å². The van der Waals surface area contributed by atoms with Crippen LogP contribution in [0.5, 0.6) is 0 Å². The lowest BCUT2D eigenvalue weighted by atomic mass is 10.2. The molecule has 0 bridgehead atoms. The monoisotopic (exact) mass is 360 g/mol. The van der Waals surface area contributed by atoms with E-state index in [-0.39, 0.29) is 5.91 Å². The zero-order chi connectivity index (χ0) is 19.1. The number of aromatic nitrogens is 2. The highest BCUT2D eigenvalue weighted by Crippen LogP contribution is 2.18. The predicted molar refractivity (Wildman–Crippen MR) is 108 cm³/mol. The van der Waals surface area contributed by atoms with Crippen molar-refractivity contribution in [1.82, 2.24) is 15.3 Å². The Kier molecular flexibility index (Phi) is 6.15. The van der Waals surface area contributed by atoms with E-state index in [9.17, 15) is 4.79 Å². The fourth-order valence-electron chi connectivity index (χ4n) is 2.55. The van der Waals surface area contributed by atoms with Crippen LogP contribution in [0.1, 0.15) is 29.9 Å². The van der Waals surface area contributed by atoms with E-state index in [4.69, 9.17) is 0 Å². The molecule has 5 heteroatoms. The average molecular weight is 360 g/mol. The fraction of sp³-hybridized carbons (Fsp3) is 0.227. The van der Waals surface area contributed by atoms with Gasteiger partial charge in [-0.1, -0.05) is 74.5 Å². The number of amides is 1. The Hall–Kier alpha value is -3.21. The van der Waals surface area contributed by atoms with Crippen LogP contribution in [0, 0.1) is 5.92 Å². The molecule has 0 aliphatic rings. The summed E-state index contributed by atoms with van der Waals surface area (Å²) >= 11 is 0. The number of anilines is 1. The molecule has 0 atom stereocenters. The van der Waals surface area contributed by atoms with Crippen LogP contribution < -0.4 is 10.6 Å². The highest BCUT2D eigenvalue weighted by atomic mass is 16.1. The number of nitrogens with one attached hydrogen (secondary N) is 2. The SMILES string of the molecule is CC(C)CNc1cc(C(=O)NCc2ccccc2)nc(-c2ccccc2)n1. The number of benzene rings is 2. The highest BCUT2D eigenvalue weighted by molar-refractivity contribution is 5.93. The van der Waals surface area contributed by atoms with E-state index in [1.807, 2.05) is 60.7 Å². The van der Waals surface area contributed by atoms with E-state index in [1.165, 1.54) is 0 Å². The largest absolute Gasteiger partial charge is 0.370 e. The molecule has 0 spiro atoms. The summed E-state index contributed by atoms with van der Waals surface area (Å²) in [6, 6.07) is 21.2. The first kappa shape index (κ1) is 18.6. The second kappa shape index (κ2) is 8.94. The first-order chi connectivity index (χ1) is 13.1. The van der Waals surface area contributed by atoms with Crippen molar-refractivity contribution in [3.8, 4) is 11.4 Å². The molecule has 0 radical (unpaired) electrons. The van der Waals surface area contributed by atoms with Crippen molar-refractivity contribution in [3.05, 3.63) is 78.0 Å². The minimum atomic E-state index is -0.217. The average Bonchev–Trinajstić information content (AvgIpc) is 2.71. The van der Waals surface area contributed by atoms with Gasteiger partial charge in [0.1, 0.15) is 11.5 Å². The predicted octanol–water partition coefficient (Wildman–Crippen LogP) is 4.14. The van der Waals surface area contributed by atoms with Crippen LogP contribution in [0.25, 0.3) is 11.4 Å². The van der Waals surface area contributed by atoms with Crippen LogP contribution in [0.2, 0.25) is 0 Å². The molecule has 138 valence electrons. The van der Waals surface area contributed by atoms with E-state index in [1.54, 1.807) is 6.07 Å². The summed E-state index contributed by atoms with van der Waals surface area (Å²) in [7, 11) is 0. The number of hydrogen-bond donors (Lipinski definition) is 2. The number of rotatable bonds is 7. The molecule has 0 aliphatic carbocycles. The summed E-state index contributed by atoms with van der Waals surface area (Å²) in [5.74, 6) is 1.44. The summed E-state index contributed by atoms with van der Waals surface area (Å²) in [6.07, 6.45) is 0. The molecule has 0 aliphatic heterocycles. The maximum absolute atomic E-state index is 12.7. The molecule has 5 nitrogen and oxygen atoms in total. The first-order valence-corrected chi connectivity index (χ1v) is 9.12. The highest BCUT2D eigenvalue weighted by Gasteiger charge is 2.13. The van der Waals surface area contributed by atoms with Crippen molar-refractivity contribution in [2.45, 2.75) is 20.4 Å². The Balaban J connectivity index is 1.83. The van der Waals surface area contributed by atoms with Crippen molar-refractivity contribution in [2.24, 2.45) is 5.92 Å². The Morgan fingerprint density at radius 3 is 2.30 bits per heavy atom. The van der Waals surface area contributed by atoms with E-state index >= 15 is 0 Å². The number of carbonyl (C=O) groups excluding carboxylic acids is 1. The molecule has 1 heterocycles. The first-order valence-electron chi connectivity index (χ1n) is 9.12. The fourth-order valence-corrected chi connectivity index (χ4v) is 2.55. The molecule has 3 rings (SSSR count). The van der Waals surface area contributed by atoms with Gasteiger partial charge >= 0.3 is 0 Å². The van der Waals surface area contributed by atoms with Crippen LogP contribution in [-0.2, 0) is 6.54 Å². The van der Waals surface area contributed by atoms with Crippen LogP contribution in [0.4, 0.5) is 5.82 Å². The Bertz CT molecular complexity index is 879. The standard InChI is InChI=1S/C22H24N4O/c1-16(2)14-23-20-13-19(22(27)24-15-17-9-5-3-6-10-17)25-21(26-20)18-11-7-4-8-12-18/h3-13,16H,14-15H2,1-2H3,(H,24,27)(H,23,25,26). The van der Waals surface area contributed by atoms with Crippen LogP contribution in [0.3, 0.4) is 0 Å². The van der Waals surface area contributed by atoms with Gasteiger partial charge in [0.2, 0.25) is 0 Å². The van der Waals surface area contributed by atoms with E-state index in [2.05, 4.69) is 34.4 Å². The van der Waals surface area contributed by atoms with Crippen molar-refractivity contribution in [1.29, 1.82) is 0 Å². The number of hydrogen-bond acceptors (Lipinski definition) is 4. The van der Waals surface area contributed by atoms with Gasteiger partial charge in [0.05, 0.1) is 0 Å². The Morgan fingerprint density at radius 2 is 1.63 bits per heavy atom. The second-order valence-electron chi connectivity index (χ2n) is 6.77. The van der Waals surface area contributed by atoms with Crippen molar-refractivity contribution < 1.29 is 4.79 Å². The third-order valence-corrected chi connectivity index (χ3v) is 3.98. The van der Waals surface area contributed by atoms with Crippen LogP contribution >= 0.6 is 0 Å². The number of carbonyl (C=O) groups is 1. The summed E-state index contributed by atoms with van der Waals surface area (Å²) < 4.78 is 0. The molecular weight excluding hydrogens is 336 g/mol. The van der Waals surface area contributed by atoms with Gasteiger partial charge < -0.3 is 10.6 Å². The maximum Gasteiger partial charge on any atom is 0.270 e. The van der Waals surface area contributed by atoms with E-state index in [0.29, 0.717) is 29.8 Å². The summed E-state index contributed by atoms with van der Waals surface area (Å²) in [5.41, 5.74) is 2.27. The van der Waals surface area contributed by atoms with Crippen molar-refractivity contribution >= 4 is 11.7 Å². The minimum Gasteiger partial charge on any atom is -0.370 e. The third kappa shape index (κ3) is 5.38. The molecule has 0 saturated carbocycles. The van der Waals surface area contributed by atoms with E-state index < -0.39 is 0 Å². The van der Waals surface area contributed by atoms with Gasteiger partial charge in [0.25, 0.3) is 5.91 Å². The van der Waals surface area contributed by atoms with Crippen LogP contribution in [-0.4, -0.2) is 22.4 Å². The molecule has 0 fully saturated rings. The second-order valence-corrected chi connectivity index (χ2v) is 6.77. The van der Waals surface area contributed by atoms with Crippen molar-refractivity contribution in [3.63, 3.8) is 0 Å². The number of nitrogens with zero attached hydrogens (tertiary/aromatic N) is 2. The van der Waals surface area contributed by atoms with Gasteiger partial charge in [0.15, 0.2) is 5.82 Å². The molecule has 3 aromatic rings. The van der Waals surface area contributed by atoms with Gasteiger partial charge in [0, 0.05) is 24.7 Å². The lowest BCUT2D eigenvalue weighted by molar-refractivity contribution is 0.0946. The van der Waals surface area contributed by atoms with Crippen molar-refractivity contribution in [2.75, 3.05) is 11.9 Å². The third-order valence-electron chi connectivity index (χ3n) is 3.98. The van der Waals surface area contributed by atoms with Gasteiger partial charge in [-0.05, 0) is 11.5 Å². The summed E-state index contributed by atoms with van der Waals surface area (Å²) in [4.78, 5) is 21.7. The zero-order valence-electron chi connectivity index (χ0n) is 15.6. The Labute approximate surface area is 159 Å². The minimum absolute atomic E-state index is 0.217. The molecule has 1 amide bonds. The van der Waals surface area contributed by atoms with Gasteiger partial charge in [-0.2, -0.15) is 0 Å². The lowest BCUT2D eigenvalue weighted by Crippen LogP contribution is -2.24. The molecule has 27 heavy (non-hydrogen) atoms. The molecule has 2 N–H and O–H groups in total. The smallest absolute Gasteiger partial charge is 0.270 e. The molecule has 1 aromatic heterocycles. The maximum atomic E-state index is 12.7. The molecule has 0 saturated heterocycles. The Morgan fingerprint density at radius 1 is 0.963 bits per heavy atom. The van der Waals surface area contributed by atoms with Gasteiger partial charge in [-0.15, -0.1) is 0 Å². The summed E-state index contributed by atoms with van der Waals surface area (Å²) in [6.45, 7) is 5.48. The quantitative estimate of drug-likeness (QED) is 0.664. The molecule has 0 unspecified atom stereocenters. The van der Waals surface area contributed by atoms with Crippen LogP contribution in [0.15, 0.2) is 66.7 Å².